The van der Waals surface area contributed by atoms with Crippen molar-refractivity contribution in [1.82, 2.24) is 0 Å². The van der Waals surface area contributed by atoms with Gasteiger partial charge in [-0.05, 0) is 16.7 Å². The third-order valence-corrected chi connectivity index (χ3v) is 4.79. The van der Waals surface area contributed by atoms with Gasteiger partial charge in [-0.25, -0.2) is 0 Å². The molecule has 2 unspecified atom stereocenters. The molecule has 3 heteroatoms. The van der Waals surface area contributed by atoms with E-state index in [1.807, 2.05) is 60.7 Å². The number of carbonyl (C=O) groups is 1. The van der Waals surface area contributed by atoms with Crippen molar-refractivity contribution in [2.24, 2.45) is 0 Å². The van der Waals surface area contributed by atoms with Crippen molar-refractivity contribution in [3.8, 4) is 0 Å². The molecule has 0 N–H and O–H groups in total. The number of hydrogen-bond donors (Lipinski definition) is 0. The Labute approximate surface area is 135 Å². The number of rotatable bonds is 3. The number of fused-ring (bicyclic) bond motifs is 1. The highest BCUT2D eigenvalue weighted by Crippen LogP contribution is 2.52. The zero-order valence-corrected chi connectivity index (χ0v) is 12.8. The summed E-state index contributed by atoms with van der Waals surface area (Å²) in [4.78, 5) is 11.9. The molecule has 0 spiro atoms. The van der Waals surface area contributed by atoms with Crippen LogP contribution in [-0.4, -0.2) is 17.7 Å². The third kappa shape index (κ3) is 2.28. The highest BCUT2D eigenvalue weighted by molar-refractivity contribution is 5.82. The van der Waals surface area contributed by atoms with Gasteiger partial charge in [0, 0.05) is 6.42 Å². The van der Waals surface area contributed by atoms with Gasteiger partial charge in [0.15, 0.2) is 5.60 Å². The van der Waals surface area contributed by atoms with E-state index in [1.54, 1.807) is 0 Å². The largest absolute Gasteiger partial charge is 0.451 e. The van der Waals surface area contributed by atoms with Crippen molar-refractivity contribution in [2.45, 2.75) is 30.7 Å². The summed E-state index contributed by atoms with van der Waals surface area (Å²) in [5.74, 6) is -0.210. The van der Waals surface area contributed by atoms with Gasteiger partial charge >= 0.3 is 5.97 Å². The van der Waals surface area contributed by atoms with Crippen molar-refractivity contribution >= 4 is 11.5 Å². The van der Waals surface area contributed by atoms with Crippen LogP contribution in [0.3, 0.4) is 0 Å². The Kier molecular flexibility index (Phi) is 3.31. The Balaban J connectivity index is 1.69. The molecule has 0 bridgehead atoms. The van der Waals surface area contributed by atoms with Crippen molar-refractivity contribution in [3.63, 3.8) is 0 Å². The summed E-state index contributed by atoms with van der Waals surface area (Å²) in [6, 6.07) is 20.0. The fourth-order valence-electron chi connectivity index (χ4n) is 3.61. The molecule has 0 aromatic heterocycles. The first kappa shape index (κ1) is 14.2. The second kappa shape index (κ2) is 5.36. The predicted octanol–water partition coefficient (Wildman–Crippen LogP) is 3.92. The molecule has 0 saturated carbocycles. The zero-order chi connectivity index (χ0) is 15.9. The standard InChI is InChI=1S/C20H18O3/c1-14(15-8-4-2-5-9-15)20-13-17(16-10-6-3-7-11-16)22-18(20)12-19(21)23-20/h2-11,17-18H,1,12-13H2/t17?,18?,20-/m0/s1. The number of carbonyl (C=O) groups excluding carboxylic acids is 1. The van der Waals surface area contributed by atoms with Gasteiger partial charge in [0.1, 0.15) is 6.10 Å². The first-order chi connectivity index (χ1) is 11.2. The van der Waals surface area contributed by atoms with E-state index in [0.29, 0.717) is 6.42 Å². The minimum absolute atomic E-state index is 0.0743. The van der Waals surface area contributed by atoms with E-state index in [2.05, 4.69) is 6.58 Å². The highest BCUT2D eigenvalue weighted by atomic mass is 16.6. The van der Waals surface area contributed by atoms with E-state index in [1.165, 1.54) is 0 Å². The Hall–Kier alpha value is -2.39. The molecule has 0 amide bonds. The van der Waals surface area contributed by atoms with Crippen LogP contribution in [0.1, 0.15) is 30.1 Å². The molecule has 116 valence electrons. The summed E-state index contributed by atoms with van der Waals surface area (Å²) < 4.78 is 12.0. The van der Waals surface area contributed by atoms with E-state index in [4.69, 9.17) is 9.47 Å². The number of esters is 1. The maximum absolute atomic E-state index is 11.9. The molecule has 2 aliphatic heterocycles. The molecule has 2 fully saturated rings. The summed E-state index contributed by atoms with van der Waals surface area (Å²) in [7, 11) is 0. The second-order valence-electron chi connectivity index (χ2n) is 6.14. The molecule has 4 rings (SSSR count). The monoisotopic (exact) mass is 306 g/mol. The van der Waals surface area contributed by atoms with Gasteiger partial charge in [0.2, 0.25) is 0 Å². The van der Waals surface area contributed by atoms with Gasteiger partial charge in [-0.2, -0.15) is 0 Å². The Morgan fingerprint density at radius 1 is 1.04 bits per heavy atom. The minimum Gasteiger partial charge on any atom is -0.451 e. The van der Waals surface area contributed by atoms with Gasteiger partial charge in [0.05, 0.1) is 12.5 Å². The Bertz CT molecular complexity index is 738. The van der Waals surface area contributed by atoms with Gasteiger partial charge in [-0.15, -0.1) is 0 Å². The molecule has 2 aliphatic rings. The van der Waals surface area contributed by atoms with Crippen LogP contribution in [0, 0.1) is 0 Å². The first-order valence-electron chi connectivity index (χ1n) is 7.86. The normalized spacial score (nSPS) is 29.1. The lowest BCUT2D eigenvalue weighted by atomic mass is 9.82. The smallest absolute Gasteiger partial charge is 0.309 e. The predicted molar refractivity (Wildman–Crippen MR) is 87.6 cm³/mol. The number of ether oxygens (including phenoxy) is 2. The summed E-state index contributed by atoms with van der Waals surface area (Å²) in [5, 5.41) is 0. The van der Waals surface area contributed by atoms with Crippen molar-refractivity contribution in [2.75, 3.05) is 0 Å². The van der Waals surface area contributed by atoms with Crippen molar-refractivity contribution < 1.29 is 14.3 Å². The van der Waals surface area contributed by atoms with E-state index >= 15 is 0 Å². The van der Waals surface area contributed by atoms with Crippen LogP contribution in [0.15, 0.2) is 67.2 Å². The average molecular weight is 306 g/mol. The van der Waals surface area contributed by atoms with Gasteiger partial charge in [-0.3, -0.25) is 4.79 Å². The second-order valence-corrected chi connectivity index (χ2v) is 6.14. The van der Waals surface area contributed by atoms with E-state index in [0.717, 1.165) is 16.7 Å². The van der Waals surface area contributed by atoms with Crippen LogP contribution in [0.4, 0.5) is 0 Å². The van der Waals surface area contributed by atoms with Crippen LogP contribution in [0.5, 0.6) is 0 Å². The molecule has 23 heavy (non-hydrogen) atoms. The van der Waals surface area contributed by atoms with Crippen LogP contribution in [0.2, 0.25) is 0 Å². The molecule has 2 aromatic rings. The zero-order valence-electron chi connectivity index (χ0n) is 12.8. The summed E-state index contributed by atoms with van der Waals surface area (Å²) in [6.07, 6.45) is 0.554. The van der Waals surface area contributed by atoms with E-state index < -0.39 is 5.60 Å². The third-order valence-electron chi connectivity index (χ3n) is 4.79. The SMILES string of the molecule is C=C(c1ccccc1)[C@@]12CC(c3ccccc3)OC1CC(=O)O2. The molecule has 0 aliphatic carbocycles. The van der Waals surface area contributed by atoms with Gasteiger partial charge in [0.25, 0.3) is 0 Å². The van der Waals surface area contributed by atoms with Gasteiger partial charge < -0.3 is 9.47 Å². The number of hydrogen-bond acceptors (Lipinski definition) is 3. The Morgan fingerprint density at radius 3 is 2.39 bits per heavy atom. The highest BCUT2D eigenvalue weighted by Gasteiger charge is 2.58. The lowest BCUT2D eigenvalue weighted by Gasteiger charge is -2.28. The summed E-state index contributed by atoms with van der Waals surface area (Å²) >= 11 is 0. The Morgan fingerprint density at radius 2 is 1.70 bits per heavy atom. The fraction of sp³-hybridized carbons (Fsp3) is 0.250. The minimum atomic E-state index is -0.751. The maximum Gasteiger partial charge on any atom is 0.309 e. The topological polar surface area (TPSA) is 35.5 Å². The summed E-state index contributed by atoms with van der Waals surface area (Å²) in [5.41, 5.74) is 2.17. The molecule has 0 radical (unpaired) electrons. The number of benzene rings is 2. The average Bonchev–Trinajstić information content (AvgIpc) is 3.09. The quantitative estimate of drug-likeness (QED) is 0.806. The van der Waals surface area contributed by atoms with Crippen LogP contribution < -0.4 is 0 Å². The molecular weight excluding hydrogens is 288 g/mol. The maximum atomic E-state index is 11.9. The van der Waals surface area contributed by atoms with Crippen molar-refractivity contribution in [3.05, 3.63) is 78.4 Å². The lowest BCUT2D eigenvalue weighted by Crippen LogP contribution is -2.36. The van der Waals surface area contributed by atoms with E-state index in [9.17, 15) is 4.79 Å². The fourth-order valence-corrected chi connectivity index (χ4v) is 3.61. The molecule has 3 nitrogen and oxygen atoms in total. The molecule has 2 heterocycles. The van der Waals surface area contributed by atoms with Crippen LogP contribution in [0.25, 0.3) is 5.57 Å². The van der Waals surface area contributed by atoms with Gasteiger partial charge in [-0.1, -0.05) is 67.2 Å². The molecule has 2 aromatic carbocycles. The summed E-state index contributed by atoms with van der Waals surface area (Å²) in [6.45, 7) is 4.25. The molecule has 2 saturated heterocycles. The van der Waals surface area contributed by atoms with Crippen molar-refractivity contribution in [1.29, 1.82) is 0 Å². The lowest BCUT2D eigenvalue weighted by molar-refractivity contribution is -0.144. The molecular formula is C20H18O3. The molecule has 3 atom stereocenters. The first-order valence-corrected chi connectivity index (χ1v) is 7.86. The van der Waals surface area contributed by atoms with Crippen LogP contribution >= 0.6 is 0 Å². The van der Waals surface area contributed by atoms with Crippen LogP contribution in [-0.2, 0) is 14.3 Å². The van der Waals surface area contributed by atoms with E-state index in [-0.39, 0.29) is 24.6 Å².